The van der Waals surface area contributed by atoms with Crippen LogP contribution in [0, 0.1) is 5.82 Å². The highest BCUT2D eigenvalue weighted by Crippen LogP contribution is 2.31. The second-order valence-electron chi connectivity index (χ2n) is 5.23. The van der Waals surface area contributed by atoms with Gasteiger partial charge >= 0.3 is 5.69 Å². The van der Waals surface area contributed by atoms with Crippen LogP contribution in [0.5, 0.6) is 0 Å². The summed E-state index contributed by atoms with van der Waals surface area (Å²) in [6, 6.07) is 1.76. The third-order valence-electron chi connectivity index (χ3n) is 3.71. The molecule has 0 spiro atoms. The third kappa shape index (κ3) is 3.45. The molecule has 10 heteroatoms. The van der Waals surface area contributed by atoms with Gasteiger partial charge in [-0.3, -0.25) is 14.3 Å². The van der Waals surface area contributed by atoms with E-state index in [0.29, 0.717) is 5.02 Å². The predicted octanol–water partition coefficient (Wildman–Crippen LogP) is 1.26. The second kappa shape index (κ2) is 7.16. The Morgan fingerprint density at radius 3 is 3.00 bits per heavy atom. The maximum atomic E-state index is 13.4. The lowest BCUT2D eigenvalue weighted by molar-refractivity contribution is -0.0655. The molecule has 1 unspecified atom stereocenters. The predicted molar refractivity (Wildman–Crippen MR) is 84.8 cm³/mol. The molecule has 2 N–H and O–H groups in total. The van der Waals surface area contributed by atoms with Crippen LogP contribution in [0.4, 0.5) is 4.39 Å². The number of aromatic amines is 1. The number of nitrogens with one attached hydrogen (secondary N) is 1. The summed E-state index contributed by atoms with van der Waals surface area (Å²) in [5.74, 6) is -1.09. The first-order valence-electron chi connectivity index (χ1n) is 7.10. The number of nitrogens with zero attached hydrogens (tertiary/aromatic N) is 1. The molecular formula is C14H14ClFN2O5S. The van der Waals surface area contributed by atoms with Gasteiger partial charge in [0, 0.05) is 11.3 Å². The molecule has 2 aromatic rings. The lowest BCUT2D eigenvalue weighted by Gasteiger charge is -2.16. The van der Waals surface area contributed by atoms with Gasteiger partial charge in [0.2, 0.25) is 5.82 Å². The van der Waals surface area contributed by atoms with Crippen LogP contribution >= 0.6 is 22.9 Å². The summed E-state index contributed by atoms with van der Waals surface area (Å²) in [6.07, 6.45) is -1.00. The quantitative estimate of drug-likeness (QED) is 0.819. The minimum atomic E-state index is -1.09. The van der Waals surface area contributed by atoms with Crippen LogP contribution < -0.4 is 11.2 Å². The number of thiophene rings is 1. The molecule has 3 heterocycles. The summed E-state index contributed by atoms with van der Waals surface area (Å²) in [4.78, 5) is 25.6. The van der Waals surface area contributed by atoms with E-state index >= 15 is 0 Å². The zero-order chi connectivity index (χ0) is 17.3. The van der Waals surface area contributed by atoms with Crippen molar-refractivity contribution in [1.29, 1.82) is 0 Å². The van der Waals surface area contributed by atoms with Crippen molar-refractivity contribution in [3.8, 4) is 0 Å². The van der Waals surface area contributed by atoms with Gasteiger partial charge in [0.05, 0.1) is 30.5 Å². The number of rotatable bonds is 5. The van der Waals surface area contributed by atoms with Crippen LogP contribution in [0.25, 0.3) is 0 Å². The van der Waals surface area contributed by atoms with Gasteiger partial charge in [-0.15, -0.1) is 11.3 Å². The Morgan fingerprint density at radius 1 is 1.54 bits per heavy atom. The highest BCUT2D eigenvalue weighted by atomic mass is 35.5. The van der Waals surface area contributed by atoms with E-state index in [0.717, 1.165) is 15.6 Å². The molecule has 0 bridgehead atoms. The van der Waals surface area contributed by atoms with E-state index in [1.54, 1.807) is 6.07 Å². The van der Waals surface area contributed by atoms with Crippen molar-refractivity contribution in [2.75, 3.05) is 6.61 Å². The number of hydrogen-bond donors (Lipinski definition) is 2. The Morgan fingerprint density at radius 2 is 2.33 bits per heavy atom. The molecule has 0 aliphatic carbocycles. The first kappa shape index (κ1) is 17.3. The van der Waals surface area contributed by atoms with E-state index < -0.39 is 35.5 Å². The first-order valence-corrected chi connectivity index (χ1v) is 8.36. The number of aliphatic hydroxyl groups is 1. The van der Waals surface area contributed by atoms with E-state index in [-0.39, 0.29) is 19.6 Å². The monoisotopic (exact) mass is 376 g/mol. The number of ether oxygens (including phenoxy) is 2. The molecule has 3 rings (SSSR count). The van der Waals surface area contributed by atoms with Gasteiger partial charge in [-0.05, 0) is 11.4 Å². The van der Waals surface area contributed by atoms with Crippen molar-refractivity contribution in [2.45, 2.75) is 31.5 Å². The van der Waals surface area contributed by atoms with Crippen LogP contribution in [-0.2, 0) is 16.1 Å². The average molecular weight is 377 g/mol. The lowest BCUT2D eigenvalue weighted by atomic mass is 10.2. The SMILES string of the molecule is O=c1[nH]c(=O)n([C@@H]2CC(OCc3sccc3Cl)[C@H](CO)O2)cc1F. The van der Waals surface area contributed by atoms with Gasteiger partial charge in [-0.2, -0.15) is 4.39 Å². The zero-order valence-corrected chi connectivity index (χ0v) is 13.8. The summed E-state index contributed by atoms with van der Waals surface area (Å²) in [6.45, 7) is -0.0808. The molecule has 0 aromatic carbocycles. The fourth-order valence-corrected chi connectivity index (χ4v) is 3.51. The maximum absolute atomic E-state index is 13.4. The second-order valence-corrected chi connectivity index (χ2v) is 6.64. The number of aromatic nitrogens is 2. The maximum Gasteiger partial charge on any atom is 0.330 e. The normalized spacial score (nSPS) is 23.7. The van der Waals surface area contributed by atoms with Crippen LogP contribution in [0.3, 0.4) is 0 Å². The summed E-state index contributed by atoms with van der Waals surface area (Å²) >= 11 is 7.44. The van der Waals surface area contributed by atoms with Gasteiger partial charge in [-0.25, -0.2) is 4.79 Å². The molecule has 1 fully saturated rings. The van der Waals surface area contributed by atoms with Gasteiger partial charge in [0.1, 0.15) is 12.3 Å². The van der Waals surface area contributed by atoms with E-state index in [9.17, 15) is 19.1 Å². The molecule has 1 aliphatic heterocycles. The van der Waals surface area contributed by atoms with Crippen molar-refractivity contribution in [3.05, 3.63) is 54.2 Å². The van der Waals surface area contributed by atoms with Crippen LogP contribution in [0.15, 0.2) is 27.2 Å². The molecule has 7 nitrogen and oxygen atoms in total. The minimum Gasteiger partial charge on any atom is -0.394 e. The van der Waals surface area contributed by atoms with Gasteiger partial charge in [-0.1, -0.05) is 11.6 Å². The summed E-state index contributed by atoms with van der Waals surface area (Å²) in [5, 5.41) is 11.9. The van der Waals surface area contributed by atoms with E-state index in [1.165, 1.54) is 11.3 Å². The third-order valence-corrected chi connectivity index (χ3v) is 5.08. The van der Waals surface area contributed by atoms with Crippen molar-refractivity contribution >= 4 is 22.9 Å². The number of H-pyrrole nitrogens is 1. The molecule has 130 valence electrons. The molecular weight excluding hydrogens is 363 g/mol. The van der Waals surface area contributed by atoms with Crippen molar-refractivity contribution in [3.63, 3.8) is 0 Å². The molecule has 0 radical (unpaired) electrons. The Labute approximate surface area is 144 Å². The van der Waals surface area contributed by atoms with Crippen molar-refractivity contribution < 1.29 is 19.0 Å². The molecule has 1 aliphatic rings. The molecule has 2 aromatic heterocycles. The summed E-state index contributed by atoms with van der Waals surface area (Å²) < 4.78 is 25.7. The highest BCUT2D eigenvalue weighted by molar-refractivity contribution is 7.10. The number of halogens is 2. The number of hydrogen-bond acceptors (Lipinski definition) is 6. The average Bonchev–Trinajstić information content (AvgIpc) is 3.14. The van der Waals surface area contributed by atoms with Crippen LogP contribution in [0.1, 0.15) is 17.5 Å². The Balaban J connectivity index is 1.74. The smallest absolute Gasteiger partial charge is 0.330 e. The summed E-state index contributed by atoms with van der Waals surface area (Å²) in [7, 11) is 0. The zero-order valence-electron chi connectivity index (χ0n) is 12.3. The molecule has 1 saturated heterocycles. The van der Waals surface area contributed by atoms with Crippen LogP contribution in [0.2, 0.25) is 5.02 Å². The van der Waals surface area contributed by atoms with Gasteiger partial charge in [0.25, 0.3) is 5.56 Å². The molecule has 3 atom stereocenters. The van der Waals surface area contributed by atoms with Gasteiger partial charge < -0.3 is 14.6 Å². The first-order chi connectivity index (χ1) is 11.5. The molecule has 0 saturated carbocycles. The van der Waals surface area contributed by atoms with E-state index in [2.05, 4.69) is 0 Å². The highest BCUT2D eigenvalue weighted by Gasteiger charge is 2.37. The fraction of sp³-hybridized carbons (Fsp3) is 0.429. The topological polar surface area (TPSA) is 93.6 Å². The Hall–Kier alpha value is -1.52. The fourth-order valence-electron chi connectivity index (χ4n) is 2.50. The minimum absolute atomic E-state index is 0.222. The standard InChI is InChI=1S/C14H14ClFN2O5S/c15-7-1-2-24-11(7)6-22-9-3-12(23-10(9)5-19)18-4-8(16)13(20)17-14(18)21/h1-2,4,9-10,12,19H,3,5-6H2,(H,17,20,21)/t9?,10-,12-/m0/s1. The van der Waals surface area contributed by atoms with E-state index in [1.807, 2.05) is 10.4 Å². The molecule has 24 heavy (non-hydrogen) atoms. The van der Waals surface area contributed by atoms with E-state index in [4.69, 9.17) is 21.1 Å². The molecule has 0 amide bonds. The number of aliphatic hydroxyl groups excluding tert-OH is 1. The van der Waals surface area contributed by atoms with Gasteiger partial charge in [0.15, 0.2) is 0 Å². The van der Waals surface area contributed by atoms with Crippen molar-refractivity contribution in [2.24, 2.45) is 0 Å². The largest absolute Gasteiger partial charge is 0.394 e. The Bertz CT molecular complexity index is 835. The summed E-state index contributed by atoms with van der Waals surface area (Å²) in [5.41, 5.74) is -1.88. The van der Waals surface area contributed by atoms with Crippen LogP contribution in [-0.4, -0.2) is 33.5 Å². The van der Waals surface area contributed by atoms with Crippen molar-refractivity contribution in [1.82, 2.24) is 9.55 Å². The Kier molecular flexibility index (Phi) is 5.16. The lowest BCUT2D eigenvalue weighted by Crippen LogP contribution is -2.34.